The van der Waals surface area contributed by atoms with Gasteiger partial charge in [-0.05, 0) is 49.1 Å². The Morgan fingerprint density at radius 3 is 2.81 bits per heavy atom. The molecule has 5 rings (SSSR count). The van der Waals surface area contributed by atoms with Crippen molar-refractivity contribution in [1.29, 1.82) is 0 Å². The number of nitrogens with one attached hydrogen (secondary N) is 1. The summed E-state index contributed by atoms with van der Waals surface area (Å²) in [5.74, 6) is 0.851. The van der Waals surface area contributed by atoms with E-state index in [2.05, 4.69) is 15.1 Å². The lowest BCUT2D eigenvalue weighted by atomic mass is 9.81. The standard InChI is InChI=1S/C21H17ClN4O/c1-12-20-18(10-14(11-19(20)27)13-5-4-6-15(22)9-13)26(25-12)21-23-16-7-2-3-8-17(16)24-21/h2-9,14H,10-11H2,1H3,(H,23,24)/t14-/m1/s1. The zero-order valence-electron chi connectivity index (χ0n) is 14.7. The van der Waals surface area contributed by atoms with Crippen molar-refractivity contribution in [3.05, 3.63) is 76.1 Å². The fourth-order valence-electron chi connectivity index (χ4n) is 3.97. The highest BCUT2D eigenvalue weighted by Crippen LogP contribution is 2.35. The highest BCUT2D eigenvalue weighted by Gasteiger charge is 2.32. The molecule has 2 aromatic carbocycles. The third-order valence-electron chi connectivity index (χ3n) is 5.20. The van der Waals surface area contributed by atoms with Gasteiger partial charge in [0.2, 0.25) is 5.95 Å². The van der Waals surface area contributed by atoms with Gasteiger partial charge in [-0.2, -0.15) is 5.10 Å². The van der Waals surface area contributed by atoms with E-state index in [-0.39, 0.29) is 11.7 Å². The van der Waals surface area contributed by atoms with Crippen LogP contribution in [0.3, 0.4) is 0 Å². The topological polar surface area (TPSA) is 63.6 Å². The molecule has 6 heteroatoms. The summed E-state index contributed by atoms with van der Waals surface area (Å²) >= 11 is 6.16. The number of Topliss-reactive ketones (excluding diaryl/α,β-unsaturated/α-hetero) is 1. The van der Waals surface area contributed by atoms with Crippen LogP contribution in [-0.4, -0.2) is 25.5 Å². The maximum absolute atomic E-state index is 12.9. The summed E-state index contributed by atoms with van der Waals surface area (Å²) in [6.45, 7) is 1.88. The van der Waals surface area contributed by atoms with E-state index in [0.29, 0.717) is 17.4 Å². The first kappa shape index (κ1) is 16.3. The molecule has 0 spiro atoms. The van der Waals surface area contributed by atoms with Crippen molar-refractivity contribution in [3.8, 4) is 5.95 Å². The molecule has 5 nitrogen and oxygen atoms in total. The van der Waals surface area contributed by atoms with Crippen molar-refractivity contribution < 1.29 is 4.79 Å². The van der Waals surface area contributed by atoms with Crippen molar-refractivity contribution in [2.45, 2.75) is 25.7 Å². The van der Waals surface area contributed by atoms with Gasteiger partial charge in [-0.25, -0.2) is 9.67 Å². The summed E-state index contributed by atoms with van der Waals surface area (Å²) in [4.78, 5) is 20.8. The smallest absolute Gasteiger partial charge is 0.229 e. The first-order valence-corrected chi connectivity index (χ1v) is 9.30. The molecular formula is C21H17ClN4O. The van der Waals surface area contributed by atoms with Crippen LogP contribution < -0.4 is 0 Å². The number of halogens is 1. The zero-order chi connectivity index (χ0) is 18.5. The number of carbonyl (C=O) groups is 1. The number of H-pyrrole nitrogens is 1. The van der Waals surface area contributed by atoms with Gasteiger partial charge in [0, 0.05) is 11.4 Å². The van der Waals surface area contributed by atoms with Crippen LogP contribution >= 0.6 is 11.6 Å². The monoisotopic (exact) mass is 376 g/mol. The first-order chi connectivity index (χ1) is 13.1. The van der Waals surface area contributed by atoms with E-state index < -0.39 is 0 Å². The molecule has 0 saturated carbocycles. The largest absolute Gasteiger partial charge is 0.322 e. The molecule has 1 aliphatic carbocycles. The molecule has 0 aliphatic heterocycles. The Bertz CT molecular complexity index is 1160. The summed E-state index contributed by atoms with van der Waals surface area (Å²) in [5.41, 5.74) is 5.30. The minimum absolute atomic E-state index is 0.0860. The van der Waals surface area contributed by atoms with Gasteiger partial charge in [-0.1, -0.05) is 35.9 Å². The third kappa shape index (κ3) is 2.66. The predicted octanol–water partition coefficient (Wildman–Crippen LogP) is 4.62. The number of aromatic nitrogens is 4. The Balaban J connectivity index is 1.62. The molecule has 0 saturated heterocycles. The SMILES string of the molecule is Cc1nn(-c2nc3ccccc3[nH]2)c2c1C(=O)C[C@H](c1cccc(Cl)c1)C2. The number of nitrogens with zero attached hydrogens (tertiary/aromatic N) is 3. The van der Waals surface area contributed by atoms with Crippen LogP contribution in [0.2, 0.25) is 5.02 Å². The number of hydrogen-bond acceptors (Lipinski definition) is 3. The molecule has 1 N–H and O–H groups in total. The maximum atomic E-state index is 12.9. The number of rotatable bonds is 2. The second-order valence-corrected chi connectivity index (χ2v) is 7.42. The average Bonchev–Trinajstić information content (AvgIpc) is 3.23. The van der Waals surface area contributed by atoms with E-state index >= 15 is 0 Å². The molecule has 0 unspecified atom stereocenters. The van der Waals surface area contributed by atoms with Crippen LogP contribution in [0, 0.1) is 6.92 Å². The van der Waals surface area contributed by atoms with Gasteiger partial charge < -0.3 is 4.98 Å². The molecule has 0 amide bonds. The molecule has 4 aromatic rings. The second kappa shape index (κ2) is 6.06. The van der Waals surface area contributed by atoms with E-state index in [0.717, 1.165) is 40.0 Å². The number of imidazole rings is 1. The minimum atomic E-state index is 0.0860. The Morgan fingerprint density at radius 1 is 1.15 bits per heavy atom. The van der Waals surface area contributed by atoms with Gasteiger partial charge in [0.25, 0.3) is 0 Å². The molecule has 27 heavy (non-hydrogen) atoms. The predicted molar refractivity (Wildman–Crippen MR) is 105 cm³/mol. The Kier molecular flexibility index (Phi) is 3.65. The quantitative estimate of drug-likeness (QED) is 0.555. The Morgan fingerprint density at radius 2 is 2.00 bits per heavy atom. The first-order valence-electron chi connectivity index (χ1n) is 8.92. The molecule has 0 bridgehead atoms. The van der Waals surface area contributed by atoms with E-state index in [1.807, 2.05) is 55.5 Å². The number of carbonyl (C=O) groups excluding carboxylic acids is 1. The summed E-state index contributed by atoms with van der Waals surface area (Å²) in [6.07, 6.45) is 1.19. The Labute approximate surface area is 161 Å². The number of para-hydroxylation sites is 2. The fraction of sp³-hybridized carbons (Fsp3) is 0.190. The Hall–Kier alpha value is -2.92. The van der Waals surface area contributed by atoms with Crippen LogP contribution in [0.5, 0.6) is 0 Å². The van der Waals surface area contributed by atoms with E-state index in [1.165, 1.54) is 0 Å². The van der Waals surface area contributed by atoms with Crippen molar-refractivity contribution in [2.24, 2.45) is 0 Å². The van der Waals surface area contributed by atoms with E-state index in [1.54, 1.807) is 4.68 Å². The molecule has 134 valence electrons. The van der Waals surface area contributed by atoms with Gasteiger partial charge in [-0.15, -0.1) is 0 Å². The lowest BCUT2D eigenvalue weighted by molar-refractivity contribution is 0.0963. The molecule has 1 atom stereocenters. The van der Waals surface area contributed by atoms with Crippen LogP contribution in [0.15, 0.2) is 48.5 Å². The van der Waals surface area contributed by atoms with Crippen LogP contribution in [0.25, 0.3) is 17.0 Å². The summed E-state index contributed by atoms with van der Waals surface area (Å²) < 4.78 is 1.79. The molecule has 2 aromatic heterocycles. The second-order valence-electron chi connectivity index (χ2n) is 6.98. The van der Waals surface area contributed by atoms with Crippen LogP contribution in [-0.2, 0) is 6.42 Å². The normalized spacial score (nSPS) is 16.7. The van der Waals surface area contributed by atoms with Crippen LogP contribution in [0.4, 0.5) is 0 Å². The van der Waals surface area contributed by atoms with Gasteiger partial charge in [-0.3, -0.25) is 4.79 Å². The molecule has 0 radical (unpaired) electrons. The highest BCUT2D eigenvalue weighted by atomic mass is 35.5. The number of ketones is 1. The molecule has 0 fully saturated rings. The lowest BCUT2D eigenvalue weighted by Crippen LogP contribution is -2.21. The summed E-state index contributed by atoms with van der Waals surface area (Å²) in [6, 6.07) is 15.6. The number of hydrogen-bond donors (Lipinski definition) is 1. The van der Waals surface area contributed by atoms with Gasteiger partial charge >= 0.3 is 0 Å². The van der Waals surface area contributed by atoms with Crippen molar-refractivity contribution in [1.82, 2.24) is 19.7 Å². The highest BCUT2D eigenvalue weighted by molar-refractivity contribution is 6.30. The number of fused-ring (bicyclic) bond motifs is 2. The zero-order valence-corrected chi connectivity index (χ0v) is 15.5. The number of aryl methyl sites for hydroxylation is 1. The summed E-state index contributed by atoms with van der Waals surface area (Å²) in [5, 5.41) is 5.32. The van der Waals surface area contributed by atoms with E-state index in [4.69, 9.17) is 11.6 Å². The van der Waals surface area contributed by atoms with Crippen LogP contribution in [0.1, 0.15) is 39.6 Å². The maximum Gasteiger partial charge on any atom is 0.229 e. The van der Waals surface area contributed by atoms with Gasteiger partial charge in [0.1, 0.15) is 0 Å². The molecule has 2 heterocycles. The van der Waals surface area contributed by atoms with E-state index in [9.17, 15) is 4.79 Å². The average molecular weight is 377 g/mol. The van der Waals surface area contributed by atoms with Crippen molar-refractivity contribution in [3.63, 3.8) is 0 Å². The summed E-state index contributed by atoms with van der Waals surface area (Å²) in [7, 11) is 0. The minimum Gasteiger partial charge on any atom is -0.322 e. The van der Waals surface area contributed by atoms with Crippen molar-refractivity contribution >= 4 is 28.4 Å². The number of aromatic amines is 1. The molecular weight excluding hydrogens is 360 g/mol. The lowest BCUT2D eigenvalue weighted by Gasteiger charge is -2.22. The number of benzene rings is 2. The van der Waals surface area contributed by atoms with Gasteiger partial charge in [0.05, 0.1) is 28.0 Å². The van der Waals surface area contributed by atoms with Gasteiger partial charge in [0.15, 0.2) is 5.78 Å². The van der Waals surface area contributed by atoms with Crippen molar-refractivity contribution in [2.75, 3.05) is 0 Å². The third-order valence-corrected chi connectivity index (χ3v) is 5.44. The fourth-order valence-corrected chi connectivity index (χ4v) is 4.17. The molecule has 1 aliphatic rings.